The van der Waals surface area contributed by atoms with E-state index in [-0.39, 0.29) is 6.04 Å². The zero-order chi connectivity index (χ0) is 12.2. The van der Waals surface area contributed by atoms with Gasteiger partial charge in [-0.3, -0.25) is 4.90 Å². The maximum atomic E-state index is 5.95. The first kappa shape index (κ1) is 13.7. The van der Waals surface area contributed by atoms with Crippen LogP contribution in [-0.4, -0.2) is 44.3 Å². The van der Waals surface area contributed by atoms with Crippen LogP contribution in [0.15, 0.2) is 11.6 Å². The van der Waals surface area contributed by atoms with Gasteiger partial charge in [-0.2, -0.15) is 0 Å². The van der Waals surface area contributed by atoms with Gasteiger partial charge < -0.3 is 10.5 Å². The minimum absolute atomic E-state index is 0.134. The van der Waals surface area contributed by atoms with Gasteiger partial charge in [0.05, 0.1) is 6.61 Å². The predicted octanol–water partition coefficient (Wildman–Crippen LogP) is 1.64. The lowest BCUT2D eigenvalue weighted by molar-refractivity contribution is 0.155. The Morgan fingerprint density at radius 3 is 2.62 bits per heavy atom. The summed E-state index contributed by atoms with van der Waals surface area (Å²) < 4.78 is 5.05. The molecule has 0 aromatic heterocycles. The Labute approximate surface area is 99.6 Å². The Kier molecular flexibility index (Phi) is 4.96. The van der Waals surface area contributed by atoms with Crippen molar-refractivity contribution in [2.45, 2.75) is 33.2 Å². The van der Waals surface area contributed by atoms with E-state index in [1.165, 1.54) is 6.42 Å². The van der Waals surface area contributed by atoms with E-state index in [0.29, 0.717) is 12.0 Å². The number of rotatable bonds is 4. The van der Waals surface area contributed by atoms with Gasteiger partial charge in [0.25, 0.3) is 0 Å². The lowest BCUT2D eigenvalue weighted by Crippen LogP contribution is -2.42. The molecule has 0 amide bonds. The second-order valence-corrected chi connectivity index (χ2v) is 5.70. The van der Waals surface area contributed by atoms with Crippen molar-refractivity contribution in [1.29, 1.82) is 0 Å². The van der Waals surface area contributed by atoms with E-state index in [2.05, 4.69) is 31.7 Å². The Hall–Kier alpha value is -0.380. The zero-order valence-electron chi connectivity index (χ0n) is 11.1. The van der Waals surface area contributed by atoms with Gasteiger partial charge in [-0.05, 0) is 11.8 Å². The van der Waals surface area contributed by atoms with Gasteiger partial charge in [0.1, 0.15) is 0 Å². The Morgan fingerprint density at radius 1 is 1.50 bits per heavy atom. The third kappa shape index (κ3) is 4.24. The van der Waals surface area contributed by atoms with Crippen molar-refractivity contribution in [3.05, 3.63) is 11.6 Å². The molecule has 0 spiro atoms. The normalized spacial score (nSPS) is 20.7. The molecule has 94 valence electrons. The summed E-state index contributed by atoms with van der Waals surface area (Å²) in [5.74, 6) is 0. The molecule has 1 rings (SSSR count). The van der Waals surface area contributed by atoms with E-state index in [4.69, 9.17) is 10.5 Å². The monoisotopic (exact) mass is 226 g/mol. The van der Waals surface area contributed by atoms with E-state index in [1.807, 2.05) is 0 Å². The molecule has 1 heterocycles. The van der Waals surface area contributed by atoms with Crippen LogP contribution >= 0.6 is 0 Å². The second kappa shape index (κ2) is 5.80. The Bertz CT molecular complexity index is 243. The third-order valence-electron chi connectivity index (χ3n) is 3.13. The van der Waals surface area contributed by atoms with Crippen LogP contribution in [0.3, 0.4) is 0 Å². The van der Waals surface area contributed by atoms with Crippen LogP contribution in [0.25, 0.3) is 0 Å². The third-order valence-corrected chi connectivity index (χ3v) is 3.13. The molecule has 1 atom stereocenters. The molecule has 16 heavy (non-hydrogen) atoms. The van der Waals surface area contributed by atoms with Gasteiger partial charge in [-0.15, -0.1) is 0 Å². The fraction of sp³-hybridized carbons (Fsp3) is 0.846. The van der Waals surface area contributed by atoms with Crippen LogP contribution < -0.4 is 5.73 Å². The summed E-state index contributed by atoms with van der Waals surface area (Å²) in [6.45, 7) is 10.6. The summed E-state index contributed by atoms with van der Waals surface area (Å²) in [6, 6.07) is 0.134. The van der Waals surface area contributed by atoms with Gasteiger partial charge in [-0.25, -0.2) is 0 Å². The fourth-order valence-corrected chi connectivity index (χ4v) is 2.16. The number of methoxy groups -OCH3 is 1. The molecule has 0 aromatic rings. The molecule has 3 nitrogen and oxygen atoms in total. The molecule has 1 unspecified atom stereocenters. The van der Waals surface area contributed by atoms with Gasteiger partial charge in [0, 0.05) is 32.8 Å². The maximum Gasteiger partial charge on any atom is 0.0626 e. The van der Waals surface area contributed by atoms with E-state index < -0.39 is 0 Å². The standard InChI is InChI=1S/C13H26N2O/c1-13(2,3)11-5-7-15(8-6-11)9-12(14)10-16-4/h5,12H,6-10,14H2,1-4H3. The number of hydrogen-bond acceptors (Lipinski definition) is 3. The number of nitrogens with two attached hydrogens (primary N) is 1. The molecule has 0 saturated carbocycles. The van der Waals surface area contributed by atoms with Crippen molar-refractivity contribution in [3.8, 4) is 0 Å². The van der Waals surface area contributed by atoms with E-state index >= 15 is 0 Å². The van der Waals surface area contributed by atoms with Gasteiger partial charge in [0.2, 0.25) is 0 Å². The molecule has 0 fully saturated rings. The predicted molar refractivity (Wildman–Crippen MR) is 68.4 cm³/mol. The minimum atomic E-state index is 0.134. The van der Waals surface area contributed by atoms with E-state index in [1.54, 1.807) is 12.7 Å². The molecule has 0 bridgehead atoms. The molecule has 1 aliphatic heterocycles. The lowest BCUT2D eigenvalue weighted by atomic mass is 9.83. The van der Waals surface area contributed by atoms with Crippen LogP contribution in [0.4, 0.5) is 0 Å². The summed E-state index contributed by atoms with van der Waals surface area (Å²) in [7, 11) is 1.70. The number of hydrogen-bond donors (Lipinski definition) is 1. The highest BCUT2D eigenvalue weighted by molar-refractivity contribution is 5.14. The molecule has 3 heteroatoms. The second-order valence-electron chi connectivity index (χ2n) is 5.70. The van der Waals surface area contributed by atoms with Crippen molar-refractivity contribution in [2.24, 2.45) is 11.1 Å². The molecule has 0 aliphatic carbocycles. The minimum Gasteiger partial charge on any atom is -0.383 e. The van der Waals surface area contributed by atoms with Crippen molar-refractivity contribution in [1.82, 2.24) is 4.90 Å². The van der Waals surface area contributed by atoms with E-state index in [0.717, 1.165) is 19.6 Å². The van der Waals surface area contributed by atoms with Crippen molar-refractivity contribution in [3.63, 3.8) is 0 Å². The first-order valence-electron chi connectivity index (χ1n) is 6.10. The average molecular weight is 226 g/mol. The molecule has 2 N–H and O–H groups in total. The largest absolute Gasteiger partial charge is 0.383 e. The summed E-state index contributed by atoms with van der Waals surface area (Å²) in [4.78, 5) is 2.40. The van der Waals surface area contributed by atoms with Crippen LogP contribution in [-0.2, 0) is 4.74 Å². The molecule has 0 saturated heterocycles. The first-order chi connectivity index (χ1) is 7.43. The smallest absolute Gasteiger partial charge is 0.0626 e. The lowest BCUT2D eigenvalue weighted by Gasteiger charge is -2.33. The van der Waals surface area contributed by atoms with Gasteiger partial charge in [0.15, 0.2) is 0 Å². The summed E-state index contributed by atoms with van der Waals surface area (Å²) in [5.41, 5.74) is 7.84. The SMILES string of the molecule is COCC(N)CN1CC=C(C(C)(C)C)CC1. The number of nitrogens with zero attached hydrogens (tertiary/aromatic N) is 1. The Balaban J connectivity index is 2.39. The molecule has 0 aromatic carbocycles. The maximum absolute atomic E-state index is 5.95. The highest BCUT2D eigenvalue weighted by Gasteiger charge is 2.21. The summed E-state index contributed by atoms with van der Waals surface area (Å²) >= 11 is 0. The highest BCUT2D eigenvalue weighted by Crippen LogP contribution is 2.29. The molecular formula is C13H26N2O. The zero-order valence-corrected chi connectivity index (χ0v) is 11.1. The fourth-order valence-electron chi connectivity index (χ4n) is 2.16. The van der Waals surface area contributed by atoms with E-state index in [9.17, 15) is 0 Å². The topological polar surface area (TPSA) is 38.5 Å². The van der Waals surface area contributed by atoms with Crippen LogP contribution in [0.5, 0.6) is 0 Å². The van der Waals surface area contributed by atoms with Crippen molar-refractivity contribution in [2.75, 3.05) is 33.4 Å². The molecular weight excluding hydrogens is 200 g/mol. The van der Waals surface area contributed by atoms with Crippen molar-refractivity contribution >= 4 is 0 Å². The quantitative estimate of drug-likeness (QED) is 0.741. The molecule has 1 aliphatic rings. The summed E-state index contributed by atoms with van der Waals surface area (Å²) in [6.07, 6.45) is 3.53. The summed E-state index contributed by atoms with van der Waals surface area (Å²) in [5, 5.41) is 0. The Morgan fingerprint density at radius 2 is 2.19 bits per heavy atom. The first-order valence-corrected chi connectivity index (χ1v) is 6.10. The molecule has 0 radical (unpaired) electrons. The van der Waals surface area contributed by atoms with Gasteiger partial charge >= 0.3 is 0 Å². The van der Waals surface area contributed by atoms with Crippen LogP contribution in [0.2, 0.25) is 0 Å². The highest BCUT2D eigenvalue weighted by atomic mass is 16.5. The van der Waals surface area contributed by atoms with Gasteiger partial charge in [-0.1, -0.05) is 32.4 Å². The van der Waals surface area contributed by atoms with Crippen LogP contribution in [0.1, 0.15) is 27.2 Å². The van der Waals surface area contributed by atoms with Crippen LogP contribution in [0, 0.1) is 5.41 Å². The average Bonchev–Trinajstić information content (AvgIpc) is 2.17. The van der Waals surface area contributed by atoms with Crippen molar-refractivity contribution < 1.29 is 4.74 Å². The number of ether oxygens (including phenoxy) is 1.